The molecule has 20 heavy (non-hydrogen) atoms. The largest absolute Gasteiger partial charge is 0.508 e. The van der Waals surface area contributed by atoms with Crippen LogP contribution >= 0.6 is 0 Å². The lowest BCUT2D eigenvalue weighted by Crippen LogP contribution is -2.05. The van der Waals surface area contributed by atoms with Gasteiger partial charge in [0.25, 0.3) is 0 Å². The topological polar surface area (TPSA) is 87.0 Å². The number of hydrogen-bond acceptors (Lipinski definition) is 5. The Bertz CT molecular complexity index is 625. The van der Waals surface area contributed by atoms with E-state index in [4.69, 9.17) is 4.74 Å². The lowest BCUT2D eigenvalue weighted by molar-refractivity contribution is 0.0987. The van der Waals surface area contributed by atoms with Gasteiger partial charge in [-0.1, -0.05) is 18.2 Å². The zero-order valence-corrected chi connectivity index (χ0v) is 10.8. The standard InChI is InChI=1S/C15H14O5/c1-20-14-5-3-2-4-9(14)6-11(17)15-12(18)7-10(16)8-13(15)19/h2-5,7-8,16,18-19H,6H2,1H3. The number of carbonyl (C=O) groups is 1. The second-order valence-corrected chi connectivity index (χ2v) is 4.27. The van der Waals surface area contributed by atoms with Crippen molar-refractivity contribution < 1.29 is 24.9 Å². The minimum absolute atomic E-state index is 0.0318. The number of Topliss-reactive ketones (excluding diaryl/α,β-unsaturated/α-hetero) is 1. The second kappa shape index (κ2) is 5.52. The Morgan fingerprint density at radius 3 is 2.30 bits per heavy atom. The fourth-order valence-electron chi connectivity index (χ4n) is 1.99. The summed E-state index contributed by atoms with van der Waals surface area (Å²) in [6, 6.07) is 9.01. The molecular weight excluding hydrogens is 260 g/mol. The monoisotopic (exact) mass is 274 g/mol. The third-order valence-electron chi connectivity index (χ3n) is 2.90. The molecule has 0 unspecified atom stereocenters. The van der Waals surface area contributed by atoms with Crippen LogP contribution in [0.1, 0.15) is 15.9 Å². The van der Waals surface area contributed by atoms with E-state index in [0.717, 1.165) is 12.1 Å². The normalized spacial score (nSPS) is 10.2. The maximum absolute atomic E-state index is 12.2. The van der Waals surface area contributed by atoms with Gasteiger partial charge in [-0.25, -0.2) is 0 Å². The SMILES string of the molecule is COc1ccccc1CC(=O)c1c(O)cc(O)cc1O. The predicted molar refractivity (Wildman–Crippen MR) is 72.5 cm³/mol. The maximum Gasteiger partial charge on any atom is 0.174 e. The van der Waals surface area contributed by atoms with Crippen molar-refractivity contribution in [2.24, 2.45) is 0 Å². The van der Waals surface area contributed by atoms with Crippen LogP contribution in [-0.2, 0) is 6.42 Å². The number of ether oxygens (including phenoxy) is 1. The fraction of sp³-hybridized carbons (Fsp3) is 0.133. The third kappa shape index (κ3) is 2.66. The van der Waals surface area contributed by atoms with Gasteiger partial charge in [-0.15, -0.1) is 0 Å². The van der Waals surface area contributed by atoms with Gasteiger partial charge in [-0.05, 0) is 6.07 Å². The molecule has 5 heteroatoms. The fourth-order valence-corrected chi connectivity index (χ4v) is 1.99. The van der Waals surface area contributed by atoms with Gasteiger partial charge in [0, 0.05) is 24.1 Å². The highest BCUT2D eigenvalue weighted by Gasteiger charge is 2.19. The van der Waals surface area contributed by atoms with Crippen molar-refractivity contribution in [1.29, 1.82) is 0 Å². The van der Waals surface area contributed by atoms with E-state index in [1.807, 2.05) is 0 Å². The van der Waals surface area contributed by atoms with E-state index < -0.39 is 17.3 Å². The Hall–Kier alpha value is -2.69. The summed E-state index contributed by atoms with van der Waals surface area (Å²) in [4.78, 5) is 12.2. The van der Waals surface area contributed by atoms with Crippen LogP contribution in [0.5, 0.6) is 23.0 Å². The Labute approximate surface area is 115 Å². The molecule has 0 radical (unpaired) electrons. The molecule has 2 rings (SSSR count). The Kier molecular flexibility index (Phi) is 3.79. The summed E-state index contributed by atoms with van der Waals surface area (Å²) in [6.07, 6.45) is -0.0318. The van der Waals surface area contributed by atoms with E-state index in [-0.39, 0.29) is 17.7 Å². The summed E-state index contributed by atoms with van der Waals surface area (Å²) in [7, 11) is 1.50. The number of hydrogen-bond donors (Lipinski definition) is 3. The first kappa shape index (κ1) is 13.7. The van der Waals surface area contributed by atoms with Crippen LogP contribution in [-0.4, -0.2) is 28.2 Å². The van der Waals surface area contributed by atoms with Crippen molar-refractivity contribution >= 4 is 5.78 Å². The molecule has 0 aromatic heterocycles. The summed E-state index contributed by atoms with van der Waals surface area (Å²) in [5.74, 6) is -1.14. The average Bonchev–Trinajstić information content (AvgIpc) is 2.38. The average molecular weight is 274 g/mol. The van der Waals surface area contributed by atoms with Gasteiger partial charge in [-0.2, -0.15) is 0 Å². The van der Waals surface area contributed by atoms with Crippen molar-refractivity contribution in [1.82, 2.24) is 0 Å². The van der Waals surface area contributed by atoms with E-state index in [1.165, 1.54) is 7.11 Å². The summed E-state index contributed by atoms with van der Waals surface area (Å²) >= 11 is 0. The number of carbonyl (C=O) groups excluding carboxylic acids is 1. The van der Waals surface area contributed by atoms with Crippen LogP contribution in [0.3, 0.4) is 0 Å². The molecule has 2 aromatic carbocycles. The first-order valence-electron chi connectivity index (χ1n) is 5.93. The highest BCUT2D eigenvalue weighted by molar-refractivity contribution is 6.02. The molecule has 5 nitrogen and oxygen atoms in total. The second-order valence-electron chi connectivity index (χ2n) is 4.27. The Morgan fingerprint density at radius 1 is 1.10 bits per heavy atom. The molecule has 0 saturated carbocycles. The first-order chi connectivity index (χ1) is 9.52. The number of benzene rings is 2. The molecule has 0 spiro atoms. The summed E-state index contributed by atoms with van der Waals surface area (Å²) < 4.78 is 5.14. The predicted octanol–water partition coefficient (Wildman–Crippen LogP) is 2.24. The number of rotatable bonds is 4. The van der Waals surface area contributed by atoms with Crippen LogP contribution in [0, 0.1) is 0 Å². The van der Waals surface area contributed by atoms with Crippen LogP contribution in [0.4, 0.5) is 0 Å². The van der Waals surface area contributed by atoms with E-state index in [9.17, 15) is 20.1 Å². The molecule has 0 aliphatic rings. The number of ketones is 1. The lowest BCUT2D eigenvalue weighted by Gasteiger charge is -2.10. The first-order valence-corrected chi connectivity index (χ1v) is 5.93. The molecule has 3 N–H and O–H groups in total. The molecular formula is C15H14O5. The van der Waals surface area contributed by atoms with E-state index >= 15 is 0 Å². The molecule has 0 heterocycles. The van der Waals surface area contributed by atoms with Gasteiger partial charge in [0.1, 0.15) is 28.6 Å². The quantitative estimate of drug-likeness (QED) is 0.744. The number of phenols is 3. The number of aromatic hydroxyl groups is 3. The zero-order valence-electron chi connectivity index (χ0n) is 10.8. The smallest absolute Gasteiger partial charge is 0.174 e. The molecule has 0 atom stereocenters. The molecule has 0 amide bonds. The minimum Gasteiger partial charge on any atom is -0.508 e. The van der Waals surface area contributed by atoms with Gasteiger partial charge in [0.15, 0.2) is 5.78 Å². The van der Waals surface area contributed by atoms with E-state index in [2.05, 4.69) is 0 Å². The van der Waals surface area contributed by atoms with Gasteiger partial charge < -0.3 is 20.1 Å². The molecule has 0 aliphatic carbocycles. The molecule has 2 aromatic rings. The molecule has 104 valence electrons. The van der Waals surface area contributed by atoms with Crippen molar-refractivity contribution in [2.45, 2.75) is 6.42 Å². The highest BCUT2D eigenvalue weighted by Crippen LogP contribution is 2.33. The summed E-state index contributed by atoms with van der Waals surface area (Å²) in [5, 5.41) is 28.6. The molecule has 0 saturated heterocycles. The van der Waals surface area contributed by atoms with Crippen molar-refractivity contribution in [2.75, 3.05) is 7.11 Å². The van der Waals surface area contributed by atoms with Gasteiger partial charge >= 0.3 is 0 Å². The summed E-state index contributed by atoms with van der Waals surface area (Å²) in [6.45, 7) is 0. The Morgan fingerprint density at radius 2 is 1.70 bits per heavy atom. The number of para-hydroxylation sites is 1. The van der Waals surface area contributed by atoms with Crippen LogP contribution in [0.15, 0.2) is 36.4 Å². The molecule has 0 fully saturated rings. The van der Waals surface area contributed by atoms with E-state index in [0.29, 0.717) is 11.3 Å². The lowest BCUT2D eigenvalue weighted by atomic mass is 10.0. The van der Waals surface area contributed by atoms with Crippen molar-refractivity contribution in [3.05, 3.63) is 47.5 Å². The highest BCUT2D eigenvalue weighted by atomic mass is 16.5. The van der Waals surface area contributed by atoms with Crippen molar-refractivity contribution in [3.63, 3.8) is 0 Å². The van der Waals surface area contributed by atoms with Crippen LogP contribution in [0.2, 0.25) is 0 Å². The maximum atomic E-state index is 12.2. The zero-order chi connectivity index (χ0) is 14.7. The van der Waals surface area contributed by atoms with Gasteiger partial charge in [-0.3, -0.25) is 4.79 Å². The van der Waals surface area contributed by atoms with Gasteiger partial charge in [0.05, 0.1) is 7.11 Å². The van der Waals surface area contributed by atoms with Crippen LogP contribution in [0.25, 0.3) is 0 Å². The summed E-state index contributed by atoms with van der Waals surface area (Å²) in [5.41, 5.74) is 0.431. The van der Waals surface area contributed by atoms with Crippen LogP contribution < -0.4 is 4.74 Å². The van der Waals surface area contributed by atoms with E-state index in [1.54, 1.807) is 24.3 Å². The number of methoxy groups -OCH3 is 1. The van der Waals surface area contributed by atoms with Crippen molar-refractivity contribution in [3.8, 4) is 23.0 Å². The third-order valence-corrected chi connectivity index (χ3v) is 2.90. The molecule has 0 bridgehead atoms. The number of phenolic OH excluding ortho intramolecular Hbond substituents is 3. The molecule has 0 aliphatic heterocycles. The Balaban J connectivity index is 2.34. The minimum atomic E-state index is -0.468. The van der Waals surface area contributed by atoms with Gasteiger partial charge in [0.2, 0.25) is 0 Å².